The number of methoxy groups -OCH3 is 1. The highest BCUT2D eigenvalue weighted by atomic mass is 16.7. The lowest BCUT2D eigenvalue weighted by Gasteiger charge is -2.27. The van der Waals surface area contributed by atoms with E-state index in [1.54, 1.807) is 26.0 Å². The molecule has 0 fully saturated rings. The molecular weight excluding hydrogens is 752 g/mol. The monoisotopic (exact) mass is 802 g/mol. The summed E-state index contributed by atoms with van der Waals surface area (Å²) in [5.41, 5.74) is 11.2. The summed E-state index contributed by atoms with van der Waals surface area (Å²) in [6.45, 7) is 3.76. The van der Waals surface area contributed by atoms with Gasteiger partial charge in [-0.05, 0) is 55.0 Å². The third-order valence-electron chi connectivity index (χ3n) is 7.93. The number of rotatable bonds is 24. The molecule has 9 N–H and O–H groups in total. The highest BCUT2D eigenvalue weighted by Gasteiger charge is 2.32. The van der Waals surface area contributed by atoms with Crippen molar-refractivity contribution in [2.75, 3.05) is 38.7 Å². The fourth-order valence-electron chi connectivity index (χ4n) is 4.90. The van der Waals surface area contributed by atoms with Crippen LogP contribution in [0.2, 0.25) is 0 Å². The fourth-order valence-corrected chi connectivity index (χ4v) is 4.90. The second kappa shape index (κ2) is 24.9. The Morgan fingerprint density at radius 1 is 0.825 bits per heavy atom. The van der Waals surface area contributed by atoms with Crippen LogP contribution in [0.1, 0.15) is 51.5 Å². The molecule has 0 aliphatic heterocycles. The highest BCUT2D eigenvalue weighted by Crippen LogP contribution is 2.18. The summed E-state index contributed by atoms with van der Waals surface area (Å²) in [4.78, 5) is 98.5. The number of benzene rings is 2. The van der Waals surface area contributed by atoms with Crippen LogP contribution < -0.4 is 42.8 Å². The fraction of sp³-hybridized carbons (Fsp3) is 0.472. The van der Waals surface area contributed by atoms with E-state index >= 15 is 0 Å². The smallest absolute Gasteiger partial charge is 0.469 e. The number of amides is 6. The van der Waals surface area contributed by atoms with Crippen LogP contribution in [-0.2, 0) is 44.8 Å². The first-order valence-corrected chi connectivity index (χ1v) is 17.9. The molecule has 2 aromatic carbocycles. The van der Waals surface area contributed by atoms with Gasteiger partial charge in [-0.3, -0.25) is 34.1 Å². The van der Waals surface area contributed by atoms with Gasteiger partial charge < -0.3 is 57.0 Å². The summed E-state index contributed by atoms with van der Waals surface area (Å²) >= 11 is 0. The largest absolute Gasteiger partial charge is 0.514 e. The molecule has 0 aromatic heterocycles. The van der Waals surface area contributed by atoms with Gasteiger partial charge in [-0.1, -0.05) is 26.0 Å². The third-order valence-corrected chi connectivity index (χ3v) is 7.93. The van der Waals surface area contributed by atoms with Crippen molar-refractivity contribution in [3.8, 4) is 5.75 Å². The van der Waals surface area contributed by atoms with Gasteiger partial charge in [0.05, 0.1) is 25.2 Å². The number of nitro groups is 1. The third kappa shape index (κ3) is 18.2. The summed E-state index contributed by atoms with van der Waals surface area (Å²) in [6.07, 6.45) is -1.20. The lowest BCUT2D eigenvalue weighted by Crippen LogP contribution is -2.58. The molecule has 0 unspecified atom stereocenters. The van der Waals surface area contributed by atoms with Crippen LogP contribution in [0.15, 0.2) is 48.5 Å². The minimum absolute atomic E-state index is 0.0438. The average molecular weight is 803 g/mol. The van der Waals surface area contributed by atoms with Gasteiger partial charge in [-0.25, -0.2) is 9.59 Å². The quantitative estimate of drug-likeness (QED) is 0.0257. The van der Waals surface area contributed by atoms with E-state index in [0.717, 1.165) is 0 Å². The van der Waals surface area contributed by atoms with E-state index in [1.807, 2.05) is 0 Å². The first kappa shape index (κ1) is 46.8. The van der Waals surface area contributed by atoms with Crippen molar-refractivity contribution >= 4 is 53.2 Å². The summed E-state index contributed by atoms with van der Waals surface area (Å²) in [5.74, 6) is -3.71. The van der Waals surface area contributed by atoms with E-state index in [4.69, 9.17) is 25.7 Å². The minimum atomic E-state index is -1.21. The molecule has 2 aromatic rings. The summed E-state index contributed by atoms with van der Waals surface area (Å²) in [5, 5.41) is 23.8. The van der Waals surface area contributed by atoms with Crippen molar-refractivity contribution < 1.29 is 57.4 Å². The molecule has 0 bridgehead atoms. The van der Waals surface area contributed by atoms with Gasteiger partial charge in [0.15, 0.2) is 0 Å². The summed E-state index contributed by atoms with van der Waals surface area (Å²) in [6, 6.07) is 6.67. The number of urea groups is 1. The molecule has 0 aliphatic carbocycles. The van der Waals surface area contributed by atoms with Crippen molar-refractivity contribution in [1.82, 2.24) is 21.3 Å². The number of nitrogens with zero attached hydrogens (tertiary/aromatic N) is 1. The predicted octanol–water partition coefficient (Wildman–Crippen LogP) is 1.13. The molecule has 0 spiro atoms. The molecule has 0 heterocycles. The number of nitrogens with two attached hydrogens (primary N) is 2. The molecule has 21 nitrogen and oxygen atoms in total. The van der Waals surface area contributed by atoms with Crippen LogP contribution in [0, 0.1) is 16.0 Å². The van der Waals surface area contributed by atoms with Gasteiger partial charge in [0.2, 0.25) is 23.6 Å². The topological polar surface area (TPSA) is 312 Å². The number of esters is 1. The lowest BCUT2D eigenvalue weighted by molar-refractivity contribution is -0.384. The molecule has 57 heavy (non-hydrogen) atoms. The zero-order chi connectivity index (χ0) is 42.3. The lowest BCUT2D eigenvalue weighted by atomic mass is 10.0. The zero-order valence-corrected chi connectivity index (χ0v) is 31.9. The molecule has 3 atom stereocenters. The number of nitrogens with one attached hydrogen (secondary N) is 5. The van der Waals surface area contributed by atoms with E-state index < -0.39 is 70.8 Å². The number of ether oxygens (including phenoxy) is 4. The van der Waals surface area contributed by atoms with Gasteiger partial charge in [-0.2, -0.15) is 0 Å². The Morgan fingerprint density at radius 3 is 2.09 bits per heavy atom. The molecule has 2 rings (SSSR count). The van der Waals surface area contributed by atoms with Crippen LogP contribution in [0.3, 0.4) is 0 Å². The number of hydrogen-bond acceptors (Lipinski definition) is 14. The Bertz CT molecular complexity index is 1670. The maximum absolute atomic E-state index is 13.7. The number of anilines is 1. The Kier molecular flexibility index (Phi) is 20.5. The number of non-ortho nitro benzene ring substituents is 1. The normalized spacial score (nSPS) is 12.2. The predicted molar refractivity (Wildman–Crippen MR) is 202 cm³/mol. The van der Waals surface area contributed by atoms with Crippen LogP contribution in [-0.4, -0.2) is 98.2 Å². The van der Waals surface area contributed by atoms with E-state index in [0.29, 0.717) is 11.3 Å². The Labute approximate surface area is 328 Å². The van der Waals surface area contributed by atoms with Crippen molar-refractivity contribution in [1.29, 1.82) is 0 Å². The van der Waals surface area contributed by atoms with E-state index in [9.17, 15) is 43.7 Å². The van der Waals surface area contributed by atoms with Crippen molar-refractivity contribution in [2.24, 2.45) is 17.4 Å². The first-order chi connectivity index (χ1) is 27.1. The maximum Gasteiger partial charge on any atom is 0.514 e. The van der Waals surface area contributed by atoms with Crippen LogP contribution in [0.5, 0.6) is 5.75 Å². The van der Waals surface area contributed by atoms with E-state index in [1.165, 1.54) is 43.5 Å². The number of carbonyl (C=O) groups excluding carboxylic acids is 7. The molecular formula is C36H50N8O13. The van der Waals surface area contributed by atoms with Crippen LogP contribution in [0.4, 0.5) is 21.0 Å². The molecule has 0 radical (unpaired) electrons. The second-order valence-electron chi connectivity index (χ2n) is 12.7. The zero-order valence-electron chi connectivity index (χ0n) is 31.9. The van der Waals surface area contributed by atoms with Gasteiger partial charge >= 0.3 is 18.2 Å². The Hall–Kier alpha value is -6.35. The van der Waals surface area contributed by atoms with E-state index in [-0.39, 0.29) is 76.5 Å². The maximum atomic E-state index is 13.7. The van der Waals surface area contributed by atoms with Crippen LogP contribution in [0.25, 0.3) is 0 Å². The molecule has 21 heteroatoms. The molecule has 6 amide bonds. The minimum Gasteiger partial charge on any atom is -0.469 e. The van der Waals surface area contributed by atoms with Gasteiger partial charge in [0.25, 0.3) is 5.69 Å². The SMILES string of the molecule is COC(=O)CC[C@H](NC(=O)CCOCCN)C(=O)N[C@H](C(=O)N[C@@H](CCCNC(N)=O)C(=O)Nc1ccc(COC(=O)Oc2ccc([N+](=O)[O-])cc2)cc1)C(C)C. The van der Waals surface area contributed by atoms with Crippen molar-refractivity contribution in [3.63, 3.8) is 0 Å². The van der Waals surface area contributed by atoms with E-state index in [2.05, 4.69) is 31.3 Å². The van der Waals surface area contributed by atoms with Crippen molar-refractivity contribution in [3.05, 3.63) is 64.2 Å². The Morgan fingerprint density at radius 2 is 1.49 bits per heavy atom. The Balaban J connectivity index is 2.11. The highest BCUT2D eigenvalue weighted by molar-refractivity contribution is 5.99. The molecule has 312 valence electrons. The van der Waals surface area contributed by atoms with Gasteiger partial charge in [0, 0.05) is 43.8 Å². The van der Waals surface area contributed by atoms with Crippen molar-refractivity contribution in [2.45, 2.75) is 70.7 Å². The summed E-state index contributed by atoms with van der Waals surface area (Å²) < 4.78 is 20.0. The second-order valence-corrected chi connectivity index (χ2v) is 12.7. The number of primary amides is 1. The van der Waals surface area contributed by atoms with Gasteiger partial charge in [-0.15, -0.1) is 0 Å². The number of nitro benzene ring substituents is 1. The summed E-state index contributed by atoms with van der Waals surface area (Å²) in [7, 11) is 1.18. The van der Waals surface area contributed by atoms with Gasteiger partial charge in [0.1, 0.15) is 30.5 Å². The first-order valence-electron chi connectivity index (χ1n) is 17.9. The molecule has 0 aliphatic rings. The standard InChI is InChI=1S/C36H50N8O13/c1-22(2)31(43-33(48)28(14-15-30(46)54-3)41-29(45)16-19-55-20-17-37)34(49)42-27(5-4-18-39-35(38)50)32(47)40-24-8-6-23(7-9-24)21-56-36(51)57-26-12-10-25(11-13-26)44(52)53/h6-13,22,27-28,31H,4-5,14-21,37H2,1-3H3,(H,40,47)(H,41,45)(H,42,49)(H,43,48)(H3,38,39,50)/t27-,28-,31-/m0/s1. The number of carbonyl (C=O) groups is 7. The average Bonchev–Trinajstić information content (AvgIpc) is 3.17. The molecule has 0 saturated heterocycles. The molecule has 0 saturated carbocycles. The van der Waals surface area contributed by atoms with Crippen LogP contribution >= 0.6 is 0 Å². The number of hydrogen-bond donors (Lipinski definition) is 7.